The molecule has 0 radical (unpaired) electrons. The quantitative estimate of drug-likeness (QED) is 0.860. The summed E-state index contributed by atoms with van der Waals surface area (Å²) in [7, 11) is 1.98. The number of hydrogen-bond donors (Lipinski definition) is 1. The van der Waals surface area contributed by atoms with Gasteiger partial charge in [0.2, 0.25) is 0 Å². The van der Waals surface area contributed by atoms with E-state index in [1.807, 2.05) is 25.4 Å². The lowest BCUT2D eigenvalue weighted by Gasteiger charge is -2.25. The van der Waals surface area contributed by atoms with Crippen LogP contribution in [0.5, 0.6) is 0 Å². The largest absolute Gasteiger partial charge is 0.366 e. The highest BCUT2D eigenvalue weighted by Crippen LogP contribution is 2.21. The van der Waals surface area contributed by atoms with Crippen molar-refractivity contribution < 1.29 is 0 Å². The van der Waals surface area contributed by atoms with Crippen LogP contribution in [0.25, 0.3) is 0 Å². The molecule has 0 saturated heterocycles. The van der Waals surface area contributed by atoms with E-state index >= 15 is 0 Å². The van der Waals surface area contributed by atoms with Crippen molar-refractivity contribution >= 4 is 5.69 Å². The maximum atomic E-state index is 4.41. The number of benzene rings is 1. The number of nitrogens with zero attached hydrogens (tertiary/aromatic N) is 2. The minimum atomic E-state index is 0.845. The number of para-hydroxylation sites is 1. The first kappa shape index (κ1) is 13.6. The zero-order chi connectivity index (χ0) is 13.5. The Hall–Kier alpha value is -1.87. The Kier molecular flexibility index (Phi) is 4.93. The lowest BCUT2D eigenvalue weighted by Crippen LogP contribution is -2.24. The van der Waals surface area contributed by atoms with Crippen LogP contribution in [-0.2, 0) is 13.1 Å². The molecule has 0 bridgehead atoms. The maximum absolute atomic E-state index is 4.41. The molecule has 1 heterocycles. The van der Waals surface area contributed by atoms with Crippen molar-refractivity contribution in [2.45, 2.75) is 20.0 Å². The van der Waals surface area contributed by atoms with Crippen LogP contribution in [0.15, 0.2) is 48.7 Å². The average Bonchev–Trinajstić information content (AvgIpc) is 2.47. The minimum Gasteiger partial charge on any atom is -0.366 e. The van der Waals surface area contributed by atoms with Crippen LogP contribution < -0.4 is 10.2 Å². The number of pyridine rings is 1. The van der Waals surface area contributed by atoms with Crippen LogP contribution in [0.3, 0.4) is 0 Å². The molecule has 2 aromatic rings. The molecule has 1 aromatic carbocycles. The Bertz CT molecular complexity index is 496. The van der Waals surface area contributed by atoms with Crippen molar-refractivity contribution in [3.63, 3.8) is 0 Å². The Morgan fingerprint density at radius 2 is 1.89 bits per heavy atom. The van der Waals surface area contributed by atoms with Gasteiger partial charge < -0.3 is 10.2 Å². The van der Waals surface area contributed by atoms with Gasteiger partial charge in [-0.2, -0.15) is 0 Å². The normalized spacial score (nSPS) is 10.4. The van der Waals surface area contributed by atoms with E-state index in [9.17, 15) is 0 Å². The molecule has 0 unspecified atom stereocenters. The lowest BCUT2D eigenvalue weighted by atomic mass is 10.1. The van der Waals surface area contributed by atoms with E-state index in [0.29, 0.717) is 0 Å². The number of rotatable bonds is 6. The molecule has 0 fully saturated rings. The molecule has 3 heteroatoms. The van der Waals surface area contributed by atoms with Crippen LogP contribution in [0.2, 0.25) is 0 Å². The Morgan fingerprint density at radius 3 is 2.58 bits per heavy atom. The molecule has 0 spiro atoms. The van der Waals surface area contributed by atoms with Crippen molar-refractivity contribution in [3.8, 4) is 0 Å². The first-order valence-electron chi connectivity index (χ1n) is 6.72. The highest BCUT2D eigenvalue weighted by atomic mass is 15.1. The molecule has 0 amide bonds. The number of anilines is 1. The third kappa shape index (κ3) is 3.55. The van der Waals surface area contributed by atoms with E-state index in [-0.39, 0.29) is 0 Å². The summed E-state index contributed by atoms with van der Waals surface area (Å²) in [5.41, 5.74) is 3.70. The zero-order valence-electron chi connectivity index (χ0n) is 11.6. The Morgan fingerprint density at radius 1 is 1.11 bits per heavy atom. The minimum absolute atomic E-state index is 0.845. The van der Waals surface area contributed by atoms with Gasteiger partial charge in [0.15, 0.2) is 0 Å². The molecule has 1 aromatic heterocycles. The summed E-state index contributed by atoms with van der Waals surface area (Å²) in [5.74, 6) is 0. The van der Waals surface area contributed by atoms with Crippen LogP contribution >= 0.6 is 0 Å². The number of hydrogen-bond acceptors (Lipinski definition) is 3. The molecular formula is C16H21N3. The highest BCUT2D eigenvalue weighted by molar-refractivity contribution is 5.53. The van der Waals surface area contributed by atoms with E-state index in [4.69, 9.17) is 0 Å². The van der Waals surface area contributed by atoms with Crippen LogP contribution in [0.4, 0.5) is 5.69 Å². The van der Waals surface area contributed by atoms with E-state index < -0.39 is 0 Å². The Labute approximate surface area is 115 Å². The third-order valence-corrected chi connectivity index (χ3v) is 3.16. The van der Waals surface area contributed by atoms with Gasteiger partial charge in [-0.3, -0.25) is 4.98 Å². The second-order valence-corrected chi connectivity index (χ2v) is 4.49. The van der Waals surface area contributed by atoms with Gasteiger partial charge in [0, 0.05) is 25.0 Å². The molecule has 0 atom stereocenters. The third-order valence-electron chi connectivity index (χ3n) is 3.16. The van der Waals surface area contributed by atoms with Crippen molar-refractivity contribution in [3.05, 3.63) is 59.9 Å². The monoisotopic (exact) mass is 255 g/mol. The first-order valence-corrected chi connectivity index (χ1v) is 6.72. The molecular weight excluding hydrogens is 234 g/mol. The fourth-order valence-electron chi connectivity index (χ4n) is 2.21. The van der Waals surface area contributed by atoms with Gasteiger partial charge in [0.05, 0.1) is 12.2 Å². The van der Waals surface area contributed by atoms with Crippen LogP contribution in [-0.4, -0.2) is 18.6 Å². The van der Waals surface area contributed by atoms with Gasteiger partial charge in [0.1, 0.15) is 0 Å². The molecule has 0 aliphatic heterocycles. The van der Waals surface area contributed by atoms with Gasteiger partial charge in [-0.1, -0.05) is 24.3 Å². The molecule has 2 rings (SSSR count). The van der Waals surface area contributed by atoms with Gasteiger partial charge >= 0.3 is 0 Å². The summed E-state index contributed by atoms with van der Waals surface area (Å²) in [4.78, 5) is 6.77. The molecule has 0 aliphatic rings. The van der Waals surface area contributed by atoms with E-state index in [0.717, 1.165) is 25.3 Å². The van der Waals surface area contributed by atoms with Crippen molar-refractivity contribution in [1.29, 1.82) is 0 Å². The van der Waals surface area contributed by atoms with E-state index in [2.05, 4.69) is 52.5 Å². The molecule has 0 saturated carbocycles. The van der Waals surface area contributed by atoms with Crippen molar-refractivity contribution in [2.24, 2.45) is 0 Å². The molecule has 100 valence electrons. The summed E-state index contributed by atoms with van der Waals surface area (Å²) in [6, 6.07) is 14.6. The topological polar surface area (TPSA) is 28.2 Å². The fraction of sp³-hybridized carbons (Fsp3) is 0.312. The second-order valence-electron chi connectivity index (χ2n) is 4.49. The maximum Gasteiger partial charge on any atom is 0.0602 e. The lowest BCUT2D eigenvalue weighted by molar-refractivity contribution is 0.775. The number of nitrogens with one attached hydrogen (secondary N) is 1. The summed E-state index contributed by atoms with van der Waals surface area (Å²) in [6.45, 7) is 4.88. The van der Waals surface area contributed by atoms with Crippen molar-refractivity contribution in [2.75, 3.05) is 18.5 Å². The summed E-state index contributed by atoms with van der Waals surface area (Å²) < 4.78 is 0. The summed E-state index contributed by atoms with van der Waals surface area (Å²) in [6.07, 6.45) is 1.85. The summed E-state index contributed by atoms with van der Waals surface area (Å²) >= 11 is 0. The number of aromatic nitrogens is 1. The van der Waals surface area contributed by atoms with Gasteiger partial charge in [0.25, 0.3) is 0 Å². The van der Waals surface area contributed by atoms with E-state index in [1.165, 1.54) is 11.3 Å². The van der Waals surface area contributed by atoms with Gasteiger partial charge in [-0.15, -0.1) is 0 Å². The standard InChI is InChI=1S/C16H21N3/c1-3-19(13-15-9-6-7-11-18-15)16-10-5-4-8-14(16)12-17-2/h4-11,17H,3,12-13H2,1-2H3. The molecule has 3 nitrogen and oxygen atoms in total. The molecule has 19 heavy (non-hydrogen) atoms. The van der Waals surface area contributed by atoms with Crippen molar-refractivity contribution in [1.82, 2.24) is 10.3 Å². The summed E-state index contributed by atoms with van der Waals surface area (Å²) in [5, 5.41) is 3.22. The highest BCUT2D eigenvalue weighted by Gasteiger charge is 2.09. The SMILES string of the molecule is CCN(Cc1ccccn1)c1ccccc1CNC. The molecule has 1 N–H and O–H groups in total. The Balaban J connectivity index is 2.22. The van der Waals surface area contributed by atoms with Gasteiger partial charge in [-0.25, -0.2) is 0 Å². The smallest absolute Gasteiger partial charge is 0.0602 e. The van der Waals surface area contributed by atoms with E-state index in [1.54, 1.807) is 0 Å². The average molecular weight is 255 g/mol. The predicted octanol–water partition coefficient (Wildman–Crippen LogP) is 2.83. The van der Waals surface area contributed by atoms with Gasteiger partial charge in [-0.05, 0) is 37.7 Å². The van der Waals surface area contributed by atoms with Crippen LogP contribution in [0, 0.1) is 0 Å². The fourth-order valence-corrected chi connectivity index (χ4v) is 2.21. The first-order chi connectivity index (χ1) is 9.35. The zero-order valence-corrected chi connectivity index (χ0v) is 11.6. The predicted molar refractivity (Wildman–Crippen MR) is 80.2 cm³/mol. The van der Waals surface area contributed by atoms with Crippen LogP contribution in [0.1, 0.15) is 18.2 Å². The second kappa shape index (κ2) is 6.90. The molecule has 0 aliphatic carbocycles.